The topological polar surface area (TPSA) is 69.0 Å². The smallest absolute Gasteiger partial charge is 0.270 e. The van der Waals surface area contributed by atoms with Crippen LogP contribution in [0.5, 0.6) is 0 Å². The minimum atomic E-state index is -0.148. The Balaban J connectivity index is 1.83. The van der Waals surface area contributed by atoms with Gasteiger partial charge >= 0.3 is 0 Å². The molecule has 1 aliphatic heterocycles. The summed E-state index contributed by atoms with van der Waals surface area (Å²) in [4.78, 5) is 21.4. The number of nitrogens with one attached hydrogen (secondary N) is 1. The molecule has 0 spiro atoms. The zero-order valence-electron chi connectivity index (χ0n) is 14.2. The van der Waals surface area contributed by atoms with Crippen LogP contribution in [0.4, 0.5) is 0 Å². The van der Waals surface area contributed by atoms with Gasteiger partial charge in [-0.1, -0.05) is 6.92 Å². The first-order chi connectivity index (χ1) is 11.7. The fourth-order valence-corrected chi connectivity index (χ4v) is 3.15. The van der Waals surface area contributed by atoms with E-state index >= 15 is 0 Å². The molecule has 3 heterocycles. The van der Waals surface area contributed by atoms with Crippen LogP contribution in [-0.4, -0.2) is 33.7 Å². The monoisotopic (exact) mass is 328 g/mol. The van der Waals surface area contributed by atoms with Crippen LogP contribution in [0.2, 0.25) is 0 Å². The largest absolute Gasteiger partial charge is 0.381 e. The minimum absolute atomic E-state index is 0.131. The SMILES string of the molecule is CCc1ccnc(C(=O)N[C@@H](c2nccn2C)C2CCOCC2)c1. The van der Waals surface area contributed by atoms with Crippen molar-refractivity contribution in [1.82, 2.24) is 19.9 Å². The molecule has 1 amide bonds. The minimum Gasteiger partial charge on any atom is -0.381 e. The van der Waals surface area contributed by atoms with E-state index in [-0.39, 0.29) is 11.9 Å². The predicted octanol–water partition coefficient (Wildman–Crippen LogP) is 2.28. The second-order valence-corrected chi connectivity index (χ2v) is 6.20. The fourth-order valence-electron chi connectivity index (χ4n) is 3.15. The summed E-state index contributed by atoms with van der Waals surface area (Å²) in [6.07, 6.45) is 8.08. The Morgan fingerprint density at radius 2 is 2.17 bits per heavy atom. The highest BCUT2D eigenvalue weighted by atomic mass is 16.5. The number of rotatable bonds is 5. The number of carbonyl (C=O) groups is 1. The number of aryl methyl sites for hydroxylation is 2. The summed E-state index contributed by atoms with van der Waals surface area (Å²) in [5, 5.41) is 3.16. The molecule has 0 bridgehead atoms. The highest BCUT2D eigenvalue weighted by Crippen LogP contribution is 2.29. The number of nitrogens with zero attached hydrogens (tertiary/aromatic N) is 3. The molecule has 6 nitrogen and oxygen atoms in total. The van der Waals surface area contributed by atoms with Crippen LogP contribution in [0, 0.1) is 5.92 Å². The highest BCUT2D eigenvalue weighted by Gasteiger charge is 2.30. The van der Waals surface area contributed by atoms with Crippen molar-refractivity contribution < 1.29 is 9.53 Å². The molecular formula is C18H24N4O2. The van der Waals surface area contributed by atoms with Gasteiger partial charge in [0.1, 0.15) is 11.5 Å². The maximum Gasteiger partial charge on any atom is 0.270 e. The van der Waals surface area contributed by atoms with Crippen molar-refractivity contribution in [2.75, 3.05) is 13.2 Å². The Labute approximate surface area is 142 Å². The van der Waals surface area contributed by atoms with Gasteiger partial charge in [-0.05, 0) is 42.9 Å². The lowest BCUT2D eigenvalue weighted by atomic mass is 9.91. The van der Waals surface area contributed by atoms with Gasteiger partial charge in [0, 0.05) is 38.9 Å². The van der Waals surface area contributed by atoms with E-state index in [4.69, 9.17) is 4.74 Å². The number of imidazole rings is 1. The summed E-state index contributed by atoms with van der Waals surface area (Å²) in [5.74, 6) is 1.05. The van der Waals surface area contributed by atoms with E-state index in [0.717, 1.165) is 43.9 Å². The van der Waals surface area contributed by atoms with Gasteiger partial charge in [0.15, 0.2) is 0 Å². The van der Waals surface area contributed by atoms with Crippen LogP contribution in [-0.2, 0) is 18.2 Å². The van der Waals surface area contributed by atoms with Crippen LogP contribution >= 0.6 is 0 Å². The van der Waals surface area contributed by atoms with Crippen molar-refractivity contribution in [2.24, 2.45) is 13.0 Å². The van der Waals surface area contributed by atoms with Crippen molar-refractivity contribution in [3.05, 3.63) is 47.8 Å². The number of hydrogen-bond donors (Lipinski definition) is 1. The van der Waals surface area contributed by atoms with E-state index in [1.54, 1.807) is 12.4 Å². The Morgan fingerprint density at radius 1 is 1.38 bits per heavy atom. The third-order valence-electron chi connectivity index (χ3n) is 4.63. The molecule has 6 heteroatoms. The molecule has 1 saturated heterocycles. The average Bonchev–Trinajstić information content (AvgIpc) is 3.06. The lowest BCUT2D eigenvalue weighted by Crippen LogP contribution is -2.37. The molecule has 2 aromatic rings. The van der Waals surface area contributed by atoms with Crippen molar-refractivity contribution in [3.8, 4) is 0 Å². The number of carbonyl (C=O) groups excluding carboxylic acids is 1. The lowest BCUT2D eigenvalue weighted by Gasteiger charge is -2.30. The van der Waals surface area contributed by atoms with E-state index in [1.807, 2.05) is 29.9 Å². The third-order valence-corrected chi connectivity index (χ3v) is 4.63. The fraction of sp³-hybridized carbons (Fsp3) is 0.500. The van der Waals surface area contributed by atoms with Crippen molar-refractivity contribution >= 4 is 5.91 Å². The normalized spacial score (nSPS) is 16.8. The summed E-state index contributed by atoms with van der Waals surface area (Å²) >= 11 is 0. The molecule has 2 aromatic heterocycles. The molecule has 3 rings (SSSR count). The van der Waals surface area contributed by atoms with Gasteiger partial charge in [0.05, 0.1) is 6.04 Å². The van der Waals surface area contributed by atoms with E-state index in [9.17, 15) is 4.79 Å². The van der Waals surface area contributed by atoms with Gasteiger partial charge in [0.2, 0.25) is 0 Å². The molecule has 0 aromatic carbocycles. The summed E-state index contributed by atoms with van der Waals surface area (Å²) in [7, 11) is 1.96. The van der Waals surface area contributed by atoms with Gasteiger partial charge in [-0.2, -0.15) is 0 Å². The van der Waals surface area contributed by atoms with Gasteiger partial charge in [-0.3, -0.25) is 9.78 Å². The Kier molecular flexibility index (Phi) is 5.25. The van der Waals surface area contributed by atoms with E-state index in [1.165, 1.54) is 0 Å². The summed E-state index contributed by atoms with van der Waals surface area (Å²) in [5.41, 5.74) is 1.57. The molecule has 1 fully saturated rings. The molecule has 1 aliphatic rings. The highest BCUT2D eigenvalue weighted by molar-refractivity contribution is 5.92. The third kappa shape index (κ3) is 3.64. The van der Waals surface area contributed by atoms with Crippen LogP contribution in [0.1, 0.15) is 47.7 Å². The molecule has 0 saturated carbocycles. The van der Waals surface area contributed by atoms with E-state index in [2.05, 4.69) is 22.2 Å². The first-order valence-corrected chi connectivity index (χ1v) is 8.49. The molecule has 0 radical (unpaired) electrons. The van der Waals surface area contributed by atoms with Crippen molar-refractivity contribution in [2.45, 2.75) is 32.2 Å². The van der Waals surface area contributed by atoms with E-state index < -0.39 is 0 Å². The van der Waals surface area contributed by atoms with Crippen LogP contribution < -0.4 is 5.32 Å². The lowest BCUT2D eigenvalue weighted by molar-refractivity contribution is 0.0498. The zero-order valence-corrected chi connectivity index (χ0v) is 14.2. The van der Waals surface area contributed by atoms with Crippen LogP contribution in [0.3, 0.4) is 0 Å². The summed E-state index contributed by atoms with van der Waals surface area (Å²) in [6.45, 7) is 3.52. The van der Waals surface area contributed by atoms with E-state index in [0.29, 0.717) is 11.6 Å². The first kappa shape index (κ1) is 16.6. The van der Waals surface area contributed by atoms with Gasteiger partial charge in [-0.15, -0.1) is 0 Å². The zero-order chi connectivity index (χ0) is 16.9. The number of amides is 1. The van der Waals surface area contributed by atoms with Crippen LogP contribution in [0.15, 0.2) is 30.7 Å². The number of aromatic nitrogens is 3. The maximum absolute atomic E-state index is 12.7. The van der Waals surface area contributed by atoms with Gasteiger partial charge < -0.3 is 14.6 Å². The Morgan fingerprint density at radius 3 is 2.83 bits per heavy atom. The summed E-state index contributed by atoms with van der Waals surface area (Å²) < 4.78 is 7.43. The quantitative estimate of drug-likeness (QED) is 0.914. The summed E-state index contributed by atoms with van der Waals surface area (Å²) in [6, 6.07) is 3.66. The molecule has 24 heavy (non-hydrogen) atoms. The predicted molar refractivity (Wildman–Crippen MR) is 90.6 cm³/mol. The number of ether oxygens (including phenoxy) is 1. The maximum atomic E-state index is 12.7. The molecular weight excluding hydrogens is 304 g/mol. The first-order valence-electron chi connectivity index (χ1n) is 8.49. The van der Waals surface area contributed by atoms with Gasteiger partial charge in [-0.25, -0.2) is 4.98 Å². The Bertz CT molecular complexity index is 692. The Hall–Kier alpha value is -2.21. The molecule has 1 N–H and O–H groups in total. The molecule has 0 unspecified atom stereocenters. The van der Waals surface area contributed by atoms with Crippen molar-refractivity contribution in [3.63, 3.8) is 0 Å². The molecule has 1 atom stereocenters. The second kappa shape index (κ2) is 7.57. The molecule has 0 aliphatic carbocycles. The van der Waals surface area contributed by atoms with Gasteiger partial charge in [0.25, 0.3) is 5.91 Å². The number of pyridine rings is 1. The average molecular weight is 328 g/mol. The van der Waals surface area contributed by atoms with Crippen molar-refractivity contribution in [1.29, 1.82) is 0 Å². The number of hydrogen-bond acceptors (Lipinski definition) is 4. The van der Waals surface area contributed by atoms with Crippen LogP contribution in [0.25, 0.3) is 0 Å². The standard InChI is InChI=1S/C18H24N4O2/c1-3-13-4-7-19-15(12-13)18(23)21-16(14-5-10-24-11-6-14)17-20-8-9-22(17)2/h4,7-9,12,14,16H,3,5-6,10-11H2,1-2H3,(H,21,23)/t16-/m1/s1. The molecule has 128 valence electrons. The second-order valence-electron chi connectivity index (χ2n) is 6.20.